The summed E-state index contributed by atoms with van der Waals surface area (Å²) in [6, 6.07) is 14.0. The minimum atomic E-state index is -0.862. The highest BCUT2D eigenvalue weighted by molar-refractivity contribution is 5.96. The van der Waals surface area contributed by atoms with Crippen molar-refractivity contribution >= 4 is 28.2 Å². The number of carboxylic acid groups (broad SMARTS) is 1. The monoisotopic (exact) mass is 320 g/mol. The Labute approximate surface area is 141 Å². The molecule has 1 aromatic heterocycles. The van der Waals surface area contributed by atoms with Gasteiger partial charge in [0.05, 0.1) is 17.6 Å². The second-order valence-electron chi connectivity index (χ2n) is 6.14. The van der Waals surface area contributed by atoms with Crippen LogP contribution in [0.5, 0.6) is 0 Å². The van der Waals surface area contributed by atoms with Crippen molar-refractivity contribution in [2.75, 3.05) is 5.32 Å². The summed E-state index contributed by atoms with van der Waals surface area (Å²) < 4.78 is 0. The molecule has 0 aliphatic rings. The van der Waals surface area contributed by atoms with Gasteiger partial charge in [-0.2, -0.15) is 0 Å². The summed E-state index contributed by atoms with van der Waals surface area (Å²) in [6.07, 6.45) is -0.0587. The van der Waals surface area contributed by atoms with Gasteiger partial charge in [0.1, 0.15) is 0 Å². The molecule has 0 saturated heterocycles. The number of hydrogen-bond donors (Lipinski definition) is 2. The zero-order chi connectivity index (χ0) is 17.3. The van der Waals surface area contributed by atoms with E-state index in [9.17, 15) is 9.90 Å². The molecule has 24 heavy (non-hydrogen) atoms. The summed E-state index contributed by atoms with van der Waals surface area (Å²) in [5.74, 6) is -0.862. The van der Waals surface area contributed by atoms with Crippen LogP contribution in [0.15, 0.2) is 42.5 Å². The van der Waals surface area contributed by atoms with Crippen molar-refractivity contribution in [1.29, 1.82) is 0 Å². The first-order valence-corrected chi connectivity index (χ1v) is 7.89. The molecule has 122 valence electrons. The Morgan fingerprint density at radius 3 is 2.42 bits per heavy atom. The van der Waals surface area contributed by atoms with E-state index in [1.54, 1.807) is 0 Å². The fourth-order valence-electron chi connectivity index (χ4n) is 3.08. The lowest BCUT2D eigenvalue weighted by Gasteiger charge is -2.17. The lowest BCUT2D eigenvalue weighted by molar-refractivity contribution is -0.136. The summed E-state index contributed by atoms with van der Waals surface area (Å²) in [5, 5.41) is 13.7. The van der Waals surface area contributed by atoms with Gasteiger partial charge < -0.3 is 10.4 Å². The van der Waals surface area contributed by atoms with Crippen molar-refractivity contribution in [3.63, 3.8) is 0 Å². The lowest BCUT2D eigenvalue weighted by atomic mass is 10.0. The van der Waals surface area contributed by atoms with Crippen molar-refractivity contribution in [3.8, 4) is 0 Å². The van der Waals surface area contributed by atoms with E-state index >= 15 is 0 Å². The van der Waals surface area contributed by atoms with Crippen molar-refractivity contribution in [2.45, 2.75) is 27.2 Å². The molecule has 0 saturated carbocycles. The maximum atomic E-state index is 11.3. The van der Waals surface area contributed by atoms with Gasteiger partial charge in [0.25, 0.3) is 0 Å². The molecule has 0 atom stereocenters. The molecular formula is C20H20N2O2. The number of para-hydroxylation sites is 1. The Hall–Kier alpha value is -2.88. The molecule has 4 heteroatoms. The lowest BCUT2D eigenvalue weighted by Crippen LogP contribution is -2.08. The number of carbonyl (C=O) groups is 1. The van der Waals surface area contributed by atoms with Gasteiger partial charge in [0.2, 0.25) is 0 Å². The van der Waals surface area contributed by atoms with E-state index in [2.05, 4.69) is 28.5 Å². The number of aliphatic carboxylic acids is 1. The average Bonchev–Trinajstić information content (AvgIpc) is 2.49. The summed E-state index contributed by atoms with van der Waals surface area (Å²) >= 11 is 0. The minimum absolute atomic E-state index is 0.0587. The Balaban J connectivity index is 2.21. The first kappa shape index (κ1) is 16.0. The molecular weight excluding hydrogens is 300 g/mol. The van der Waals surface area contributed by atoms with Gasteiger partial charge >= 0.3 is 5.97 Å². The van der Waals surface area contributed by atoms with Crippen molar-refractivity contribution in [3.05, 3.63) is 64.8 Å². The number of aryl methyl sites for hydroxylation is 3. The van der Waals surface area contributed by atoms with Crippen LogP contribution < -0.4 is 5.32 Å². The number of nitrogens with zero attached hydrogens (tertiary/aromatic N) is 1. The summed E-state index contributed by atoms with van der Waals surface area (Å²) in [4.78, 5) is 15.9. The predicted molar refractivity (Wildman–Crippen MR) is 97.0 cm³/mol. The molecule has 0 aliphatic carbocycles. The Kier molecular flexibility index (Phi) is 4.21. The van der Waals surface area contributed by atoms with Gasteiger partial charge in [-0.25, -0.2) is 0 Å². The Bertz CT molecular complexity index is 912. The van der Waals surface area contributed by atoms with Gasteiger partial charge in [-0.1, -0.05) is 24.3 Å². The quantitative estimate of drug-likeness (QED) is 0.741. The standard InChI is InChI=1S/C20H20N2O2/c1-12-8-13(2)10-15(9-12)22-20-16-6-4-5-7-18(16)21-14(3)17(20)11-19(23)24/h4-10H,11H2,1-3H3,(H,21,22)(H,23,24). The second-order valence-corrected chi connectivity index (χ2v) is 6.14. The van der Waals surface area contributed by atoms with E-state index in [1.165, 1.54) is 0 Å². The second kappa shape index (κ2) is 6.32. The number of pyridine rings is 1. The van der Waals surface area contributed by atoms with Gasteiger partial charge in [-0.15, -0.1) is 0 Å². The van der Waals surface area contributed by atoms with Gasteiger partial charge in [-0.05, 0) is 50.1 Å². The molecule has 0 unspecified atom stereocenters. The maximum absolute atomic E-state index is 11.3. The number of carboxylic acids is 1. The highest BCUT2D eigenvalue weighted by Crippen LogP contribution is 2.32. The van der Waals surface area contributed by atoms with Crippen LogP contribution >= 0.6 is 0 Å². The third kappa shape index (κ3) is 3.23. The topological polar surface area (TPSA) is 62.2 Å². The molecule has 3 rings (SSSR count). The fraction of sp³-hybridized carbons (Fsp3) is 0.200. The van der Waals surface area contributed by atoms with Gasteiger partial charge in [0, 0.05) is 22.3 Å². The van der Waals surface area contributed by atoms with Crippen LogP contribution in [0.3, 0.4) is 0 Å². The van der Waals surface area contributed by atoms with Crippen LogP contribution in [0.25, 0.3) is 10.9 Å². The average molecular weight is 320 g/mol. The third-order valence-corrected chi connectivity index (χ3v) is 4.02. The Morgan fingerprint density at radius 1 is 1.08 bits per heavy atom. The van der Waals surface area contributed by atoms with E-state index in [-0.39, 0.29) is 6.42 Å². The summed E-state index contributed by atoms with van der Waals surface area (Å²) in [5.41, 5.74) is 6.42. The number of nitrogens with one attached hydrogen (secondary N) is 1. The maximum Gasteiger partial charge on any atom is 0.307 e. The normalized spacial score (nSPS) is 10.8. The first-order valence-electron chi connectivity index (χ1n) is 7.89. The molecule has 0 spiro atoms. The minimum Gasteiger partial charge on any atom is -0.481 e. The van der Waals surface area contributed by atoms with E-state index in [4.69, 9.17) is 0 Å². The molecule has 2 N–H and O–H groups in total. The predicted octanol–water partition coefficient (Wildman–Crippen LogP) is 4.53. The number of rotatable bonds is 4. The first-order chi connectivity index (χ1) is 11.4. The number of fused-ring (bicyclic) bond motifs is 1. The highest BCUT2D eigenvalue weighted by Gasteiger charge is 2.15. The van der Waals surface area contributed by atoms with Crippen molar-refractivity contribution in [2.24, 2.45) is 0 Å². The largest absolute Gasteiger partial charge is 0.481 e. The molecule has 0 bridgehead atoms. The number of anilines is 2. The van der Waals surface area contributed by atoms with E-state index < -0.39 is 5.97 Å². The van der Waals surface area contributed by atoms with Crippen LogP contribution in [-0.2, 0) is 11.2 Å². The summed E-state index contributed by atoms with van der Waals surface area (Å²) in [6.45, 7) is 5.95. The molecule has 2 aromatic carbocycles. The van der Waals surface area contributed by atoms with E-state index in [0.29, 0.717) is 0 Å². The third-order valence-electron chi connectivity index (χ3n) is 4.02. The number of aromatic nitrogens is 1. The van der Waals surface area contributed by atoms with Crippen molar-refractivity contribution < 1.29 is 9.90 Å². The zero-order valence-electron chi connectivity index (χ0n) is 14.1. The summed E-state index contributed by atoms with van der Waals surface area (Å²) in [7, 11) is 0. The smallest absolute Gasteiger partial charge is 0.307 e. The van der Waals surface area contributed by atoms with Crippen molar-refractivity contribution in [1.82, 2.24) is 4.98 Å². The van der Waals surface area contributed by atoms with Gasteiger partial charge in [-0.3, -0.25) is 9.78 Å². The van der Waals surface area contributed by atoms with Crippen LogP contribution in [0.2, 0.25) is 0 Å². The molecule has 0 amide bonds. The molecule has 0 fully saturated rings. The SMILES string of the molecule is Cc1cc(C)cc(Nc2c(CC(=O)O)c(C)nc3ccccc23)c1. The fourth-order valence-corrected chi connectivity index (χ4v) is 3.08. The zero-order valence-corrected chi connectivity index (χ0v) is 14.1. The number of hydrogen-bond acceptors (Lipinski definition) is 3. The molecule has 0 aliphatic heterocycles. The van der Waals surface area contributed by atoms with Gasteiger partial charge in [0.15, 0.2) is 0 Å². The molecule has 3 aromatic rings. The molecule has 4 nitrogen and oxygen atoms in total. The van der Waals surface area contributed by atoms with Crippen LogP contribution in [0, 0.1) is 20.8 Å². The molecule has 1 heterocycles. The van der Waals surface area contributed by atoms with E-state index in [1.807, 2.05) is 45.0 Å². The number of benzene rings is 2. The van der Waals surface area contributed by atoms with Crippen LogP contribution in [-0.4, -0.2) is 16.1 Å². The Morgan fingerprint density at radius 2 is 1.75 bits per heavy atom. The molecule has 0 radical (unpaired) electrons. The van der Waals surface area contributed by atoms with Crippen LogP contribution in [0.4, 0.5) is 11.4 Å². The van der Waals surface area contributed by atoms with Crippen LogP contribution in [0.1, 0.15) is 22.4 Å². The highest BCUT2D eigenvalue weighted by atomic mass is 16.4. The van der Waals surface area contributed by atoms with E-state index in [0.717, 1.165) is 44.7 Å².